The SMILES string of the molecule is O=C1NC(=Nc2ccccc2)S/C1=C\C=C\c1ccc([N+](=O)[O-])o1. The van der Waals surface area contributed by atoms with Gasteiger partial charge in [-0.25, -0.2) is 4.99 Å². The minimum absolute atomic E-state index is 0.246. The monoisotopic (exact) mass is 341 g/mol. The average Bonchev–Trinajstić information content (AvgIpc) is 3.16. The fourth-order valence-corrected chi connectivity index (χ4v) is 2.67. The Morgan fingerprint density at radius 2 is 2.00 bits per heavy atom. The molecule has 1 aromatic carbocycles. The molecule has 0 saturated carbocycles. The number of thioether (sulfide) groups is 1. The van der Waals surface area contributed by atoms with Crippen molar-refractivity contribution in [3.8, 4) is 0 Å². The van der Waals surface area contributed by atoms with Crippen LogP contribution in [-0.2, 0) is 4.79 Å². The number of carbonyl (C=O) groups excluding carboxylic acids is 1. The molecule has 0 aliphatic carbocycles. The molecule has 1 aliphatic heterocycles. The average molecular weight is 341 g/mol. The molecule has 24 heavy (non-hydrogen) atoms. The topological polar surface area (TPSA) is 97.7 Å². The van der Waals surface area contributed by atoms with Gasteiger partial charge in [-0.1, -0.05) is 24.3 Å². The van der Waals surface area contributed by atoms with Crippen molar-refractivity contribution >= 4 is 40.5 Å². The van der Waals surface area contributed by atoms with Crippen LogP contribution in [0.5, 0.6) is 0 Å². The molecule has 0 spiro atoms. The van der Waals surface area contributed by atoms with Crippen LogP contribution in [0.25, 0.3) is 6.08 Å². The van der Waals surface area contributed by atoms with E-state index in [-0.39, 0.29) is 11.8 Å². The highest BCUT2D eigenvalue weighted by Gasteiger charge is 2.23. The first-order valence-corrected chi connectivity index (χ1v) is 7.69. The van der Waals surface area contributed by atoms with E-state index in [1.54, 1.807) is 18.2 Å². The number of allylic oxidation sites excluding steroid dienone is 2. The lowest BCUT2D eigenvalue weighted by Gasteiger charge is -1.94. The molecule has 1 N–H and O–H groups in total. The van der Waals surface area contributed by atoms with Crippen molar-refractivity contribution in [1.29, 1.82) is 0 Å². The number of nitrogens with zero attached hydrogens (tertiary/aromatic N) is 2. The summed E-state index contributed by atoms with van der Waals surface area (Å²) < 4.78 is 4.99. The summed E-state index contributed by atoms with van der Waals surface area (Å²) >= 11 is 1.22. The lowest BCUT2D eigenvalue weighted by atomic mass is 10.3. The number of para-hydroxylation sites is 1. The number of hydrogen-bond donors (Lipinski definition) is 1. The zero-order valence-corrected chi connectivity index (χ0v) is 13.0. The first-order valence-electron chi connectivity index (χ1n) is 6.87. The third kappa shape index (κ3) is 3.79. The molecule has 3 rings (SSSR count). The number of nitro groups is 1. The Balaban J connectivity index is 1.69. The summed E-state index contributed by atoms with van der Waals surface area (Å²) in [6.07, 6.45) is 4.73. The number of aliphatic imine (C=N–C) groups is 1. The van der Waals surface area contributed by atoms with Crippen LogP contribution in [-0.4, -0.2) is 16.0 Å². The van der Waals surface area contributed by atoms with Gasteiger partial charge in [0.05, 0.1) is 16.7 Å². The van der Waals surface area contributed by atoms with Gasteiger partial charge in [-0.2, -0.15) is 0 Å². The van der Waals surface area contributed by atoms with E-state index in [1.807, 2.05) is 30.3 Å². The van der Waals surface area contributed by atoms with Crippen LogP contribution in [0.1, 0.15) is 5.76 Å². The molecular weight excluding hydrogens is 330 g/mol. The van der Waals surface area contributed by atoms with E-state index >= 15 is 0 Å². The molecule has 1 amide bonds. The summed E-state index contributed by atoms with van der Waals surface area (Å²) in [4.78, 5) is 26.6. The standard InChI is InChI=1S/C16H11N3O4S/c20-15-13(8-4-7-12-9-10-14(23-12)19(21)22)24-16(18-15)17-11-5-2-1-3-6-11/h1-10H,(H,17,18,20)/b7-4+,13-8-. The third-order valence-electron chi connectivity index (χ3n) is 2.94. The largest absolute Gasteiger partial charge is 0.433 e. The molecule has 0 unspecified atom stereocenters. The fourth-order valence-electron chi connectivity index (χ4n) is 1.88. The summed E-state index contributed by atoms with van der Waals surface area (Å²) in [5.41, 5.74) is 0.750. The summed E-state index contributed by atoms with van der Waals surface area (Å²) in [7, 11) is 0. The summed E-state index contributed by atoms with van der Waals surface area (Å²) in [5, 5.41) is 13.7. The molecule has 0 bridgehead atoms. The van der Waals surface area contributed by atoms with Crippen LogP contribution in [0.2, 0.25) is 0 Å². The molecule has 8 heteroatoms. The molecule has 1 saturated heterocycles. The second-order valence-electron chi connectivity index (χ2n) is 4.63. The fraction of sp³-hybridized carbons (Fsp3) is 0. The number of nitrogens with one attached hydrogen (secondary N) is 1. The summed E-state index contributed by atoms with van der Waals surface area (Å²) in [6, 6.07) is 12.0. The second-order valence-corrected chi connectivity index (χ2v) is 5.66. The summed E-state index contributed by atoms with van der Waals surface area (Å²) in [5.74, 6) is -0.238. The Labute approximate surface area is 140 Å². The Morgan fingerprint density at radius 3 is 2.71 bits per heavy atom. The van der Waals surface area contributed by atoms with E-state index < -0.39 is 4.92 Å². The molecule has 1 aliphatic rings. The minimum Gasteiger partial charge on any atom is -0.401 e. The predicted molar refractivity (Wildman–Crippen MR) is 91.8 cm³/mol. The lowest BCUT2D eigenvalue weighted by molar-refractivity contribution is -0.402. The molecule has 0 radical (unpaired) electrons. The van der Waals surface area contributed by atoms with Crippen molar-refractivity contribution < 1.29 is 14.1 Å². The van der Waals surface area contributed by atoms with Gasteiger partial charge in [0.1, 0.15) is 10.7 Å². The van der Waals surface area contributed by atoms with Gasteiger partial charge in [-0.05, 0) is 42.1 Å². The number of benzene rings is 1. The first-order chi connectivity index (χ1) is 11.6. The zero-order chi connectivity index (χ0) is 16.9. The highest BCUT2D eigenvalue weighted by atomic mass is 32.2. The maximum atomic E-state index is 11.9. The van der Waals surface area contributed by atoms with Gasteiger partial charge >= 0.3 is 5.88 Å². The van der Waals surface area contributed by atoms with Gasteiger partial charge < -0.3 is 9.73 Å². The number of hydrogen-bond acceptors (Lipinski definition) is 6. The van der Waals surface area contributed by atoms with E-state index in [0.29, 0.717) is 15.8 Å². The Morgan fingerprint density at radius 1 is 1.21 bits per heavy atom. The Hall–Kier alpha value is -3.13. The van der Waals surface area contributed by atoms with Crippen LogP contribution in [0.3, 0.4) is 0 Å². The van der Waals surface area contributed by atoms with Gasteiger partial charge in [0.2, 0.25) is 0 Å². The van der Waals surface area contributed by atoms with E-state index in [2.05, 4.69) is 10.3 Å². The summed E-state index contributed by atoms with van der Waals surface area (Å²) in [6.45, 7) is 0. The van der Waals surface area contributed by atoms with Crippen molar-refractivity contribution in [1.82, 2.24) is 5.32 Å². The highest BCUT2D eigenvalue weighted by molar-refractivity contribution is 8.18. The van der Waals surface area contributed by atoms with Crippen LogP contribution in [0, 0.1) is 10.1 Å². The van der Waals surface area contributed by atoms with Gasteiger partial charge in [-0.15, -0.1) is 0 Å². The third-order valence-corrected chi connectivity index (χ3v) is 3.87. The zero-order valence-electron chi connectivity index (χ0n) is 12.2. The molecule has 1 aromatic heterocycles. The van der Waals surface area contributed by atoms with E-state index in [4.69, 9.17) is 4.42 Å². The van der Waals surface area contributed by atoms with Crippen molar-refractivity contribution in [3.63, 3.8) is 0 Å². The quantitative estimate of drug-likeness (QED) is 0.520. The molecule has 2 aromatic rings. The van der Waals surface area contributed by atoms with Crippen LogP contribution < -0.4 is 5.32 Å². The number of carbonyl (C=O) groups is 1. The predicted octanol–water partition coefficient (Wildman–Crippen LogP) is 3.64. The number of amidine groups is 1. The van der Waals surface area contributed by atoms with Gasteiger partial charge in [0.25, 0.3) is 5.91 Å². The van der Waals surface area contributed by atoms with E-state index in [0.717, 1.165) is 5.69 Å². The van der Waals surface area contributed by atoms with E-state index in [9.17, 15) is 14.9 Å². The minimum atomic E-state index is -0.609. The highest BCUT2D eigenvalue weighted by Crippen LogP contribution is 2.26. The maximum Gasteiger partial charge on any atom is 0.433 e. The molecule has 7 nitrogen and oxygen atoms in total. The van der Waals surface area contributed by atoms with Crippen LogP contribution in [0.4, 0.5) is 11.6 Å². The van der Waals surface area contributed by atoms with Crippen molar-refractivity contribution in [2.24, 2.45) is 4.99 Å². The van der Waals surface area contributed by atoms with Gasteiger partial charge in [0.15, 0.2) is 5.17 Å². The second kappa shape index (κ2) is 6.97. The molecule has 2 heterocycles. The van der Waals surface area contributed by atoms with Crippen LogP contribution >= 0.6 is 11.8 Å². The normalized spacial score (nSPS) is 17.8. The van der Waals surface area contributed by atoms with E-state index in [1.165, 1.54) is 23.9 Å². The molecule has 1 fully saturated rings. The van der Waals surface area contributed by atoms with Crippen molar-refractivity contribution in [3.05, 3.63) is 75.4 Å². The van der Waals surface area contributed by atoms with Crippen molar-refractivity contribution in [2.75, 3.05) is 0 Å². The molecular formula is C16H11N3O4S. The maximum absolute atomic E-state index is 11.9. The van der Waals surface area contributed by atoms with Crippen LogP contribution in [0.15, 0.2) is 68.9 Å². The smallest absolute Gasteiger partial charge is 0.401 e. The van der Waals surface area contributed by atoms with Gasteiger partial charge in [0, 0.05) is 0 Å². The Kier molecular flexibility index (Phi) is 4.57. The number of amides is 1. The molecule has 120 valence electrons. The number of rotatable bonds is 4. The Bertz CT molecular complexity index is 868. The molecule has 0 atom stereocenters. The first kappa shape index (κ1) is 15.8. The number of furan rings is 1. The van der Waals surface area contributed by atoms with Crippen molar-refractivity contribution in [2.45, 2.75) is 0 Å². The van der Waals surface area contributed by atoms with Gasteiger partial charge in [-0.3, -0.25) is 14.9 Å². The lowest BCUT2D eigenvalue weighted by Crippen LogP contribution is -2.19.